The van der Waals surface area contributed by atoms with Crippen LogP contribution >= 0.6 is 0 Å². The molecule has 3 rings (SSSR count). The van der Waals surface area contributed by atoms with Crippen molar-refractivity contribution in [1.82, 2.24) is 19.6 Å². The molecule has 2 heterocycles. The zero-order chi connectivity index (χ0) is 14.1. The Morgan fingerprint density at radius 3 is 2.70 bits per heavy atom. The van der Waals surface area contributed by atoms with E-state index < -0.39 is 11.5 Å². The normalized spacial score (nSPS) is 10.7. The maximum atomic E-state index is 11.9. The van der Waals surface area contributed by atoms with Crippen LogP contribution in [0.3, 0.4) is 0 Å². The van der Waals surface area contributed by atoms with Crippen LogP contribution in [0.1, 0.15) is 10.5 Å². The third-order valence-corrected chi connectivity index (χ3v) is 2.77. The van der Waals surface area contributed by atoms with Crippen molar-refractivity contribution < 1.29 is 9.53 Å². The van der Waals surface area contributed by atoms with Crippen molar-refractivity contribution in [1.29, 1.82) is 0 Å². The molecule has 0 aliphatic rings. The van der Waals surface area contributed by atoms with Gasteiger partial charge in [-0.2, -0.15) is 9.50 Å². The molecule has 0 spiro atoms. The van der Waals surface area contributed by atoms with Gasteiger partial charge in [0.25, 0.3) is 11.3 Å². The third-order valence-electron chi connectivity index (χ3n) is 2.77. The molecule has 2 aromatic heterocycles. The molecule has 0 radical (unpaired) electrons. The van der Waals surface area contributed by atoms with E-state index in [2.05, 4.69) is 19.8 Å². The standard InChI is InChI=1S/C13H10N4O3/c1-20-12(19)9-7-10(18)17-13(14-9)15-11(16-17)8-5-3-2-4-6-8/h2-7H,1H3,(H,14,15,16). The summed E-state index contributed by atoms with van der Waals surface area (Å²) in [5.41, 5.74) is 0.325. The van der Waals surface area contributed by atoms with E-state index in [1.807, 2.05) is 30.3 Å². The highest BCUT2D eigenvalue weighted by Crippen LogP contribution is 2.14. The molecule has 0 bridgehead atoms. The Morgan fingerprint density at radius 2 is 2.00 bits per heavy atom. The lowest BCUT2D eigenvalue weighted by Gasteiger charge is -1.96. The van der Waals surface area contributed by atoms with Crippen molar-refractivity contribution in [3.05, 3.63) is 52.4 Å². The van der Waals surface area contributed by atoms with Crippen LogP contribution in [0.15, 0.2) is 41.2 Å². The second kappa shape index (κ2) is 4.61. The van der Waals surface area contributed by atoms with Gasteiger partial charge < -0.3 is 4.74 Å². The van der Waals surface area contributed by atoms with Gasteiger partial charge in [-0.25, -0.2) is 9.78 Å². The number of esters is 1. The van der Waals surface area contributed by atoms with Gasteiger partial charge in [0.15, 0.2) is 11.5 Å². The van der Waals surface area contributed by atoms with Gasteiger partial charge in [-0.15, -0.1) is 0 Å². The molecule has 0 amide bonds. The summed E-state index contributed by atoms with van der Waals surface area (Å²) in [6.45, 7) is 0. The van der Waals surface area contributed by atoms with Gasteiger partial charge in [-0.3, -0.25) is 9.89 Å². The number of nitrogens with zero attached hydrogens (tertiary/aromatic N) is 3. The maximum absolute atomic E-state index is 11.9. The number of hydrogen-bond donors (Lipinski definition) is 1. The van der Waals surface area contributed by atoms with Gasteiger partial charge in [0, 0.05) is 11.6 Å². The Hall–Kier alpha value is -2.96. The van der Waals surface area contributed by atoms with Crippen LogP contribution in [0.2, 0.25) is 0 Å². The molecular weight excluding hydrogens is 260 g/mol. The number of aromatic amines is 1. The number of aromatic nitrogens is 4. The van der Waals surface area contributed by atoms with E-state index in [0.29, 0.717) is 5.82 Å². The van der Waals surface area contributed by atoms with Crippen molar-refractivity contribution in [2.24, 2.45) is 0 Å². The highest BCUT2D eigenvalue weighted by molar-refractivity contribution is 5.87. The summed E-state index contributed by atoms with van der Waals surface area (Å²) >= 11 is 0. The number of carbonyl (C=O) groups is 1. The third kappa shape index (κ3) is 1.95. The number of benzene rings is 1. The number of ether oxygens (including phenoxy) is 1. The van der Waals surface area contributed by atoms with Crippen molar-refractivity contribution in [2.45, 2.75) is 0 Å². The van der Waals surface area contributed by atoms with Gasteiger partial charge >= 0.3 is 5.97 Å². The van der Waals surface area contributed by atoms with Gasteiger partial charge in [-0.05, 0) is 0 Å². The zero-order valence-corrected chi connectivity index (χ0v) is 10.5. The largest absolute Gasteiger partial charge is 0.464 e. The fourth-order valence-electron chi connectivity index (χ4n) is 1.82. The Balaban J connectivity index is 2.19. The predicted octanol–water partition coefficient (Wildman–Crippen LogP) is 0.871. The van der Waals surface area contributed by atoms with Crippen molar-refractivity contribution in [3.8, 4) is 11.4 Å². The first-order chi connectivity index (χ1) is 9.69. The quantitative estimate of drug-likeness (QED) is 0.698. The van der Waals surface area contributed by atoms with Crippen LogP contribution in [-0.4, -0.2) is 32.7 Å². The Kier molecular flexibility index (Phi) is 2.79. The molecule has 100 valence electrons. The van der Waals surface area contributed by atoms with Gasteiger partial charge in [0.2, 0.25) is 0 Å². The number of H-pyrrole nitrogens is 1. The molecule has 1 N–H and O–H groups in total. The first-order valence-corrected chi connectivity index (χ1v) is 5.82. The Bertz CT molecular complexity index is 836. The first-order valence-electron chi connectivity index (χ1n) is 5.82. The summed E-state index contributed by atoms with van der Waals surface area (Å²) in [5, 5.41) is 2.84. The minimum Gasteiger partial charge on any atom is -0.464 e. The fraction of sp³-hybridized carbons (Fsp3) is 0.0769. The minimum atomic E-state index is -0.672. The lowest BCUT2D eigenvalue weighted by molar-refractivity contribution is 0.0594. The van der Waals surface area contributed by atoms with Gasteiger partial charge in [0.05, 0.1) is 7.11 Å². The zero-order valence-electron chi connectivity index (χ0n) is 10.5. The molecule has 20 heavy (non-hydrogen) atoms. The van der Waals surface area contributed by atoms with Crippen molar-refractivity contribution >= 4 is 11.7 Å². The molecule has 0 aliphatic heterocycles. The lowest BCUT2D eigenvalue weighted by Crippen LogP contribution is -2.18. The van der Waals surface area contributed by atoms with E-state index in [1.54, 1.807) is 0 Å². The number of hydrogen-bond acceptors (Lipinski definition) is 5. The molecular formula is C13H10N4O3. The fourth-order valence-corrected chi connectivity index (χ4v) is 1.82. The summed E-state index contributed by atoms with van der Waals surface area (Å²) < 4.78 is 5.72. The smallest absolute Gasteiger partial charge is 0.357 e. The summed E-state index contributed by atoms with van der Waals surface area (Å²) in [6, 6.07) is 10.4. The maximum Gasteiger partial charge on any atom is 0.357 e. The number of methoxy groups -OCH3 is 1. The Morgan fingerprint density at radius 1 is 1.25 bits per heavy atom. The second-order valence-corrected chi connectivity index (χ2v) is 4.04. The van der Waals surface area contributed by atoms with Crippen LogP contribution in [0, 0.1) is 0 Å². The summed E-state index contributed by atoms with van der Waals surface area (Å²) in [5.74, 6) is -0.0529. The topological polar surface area (TPSA) is 89.4 Å². The molecule has 7 heteroatoms. The summed E-state index contributed by atoms with van der Waals surface area (Å²) in [7, 11) is 1.23. The number of fused-ring (bicyclic) bond motifs is 1. The van der Waals surface area contributed by atoms with Gasteiger partial charge in [-0.1, -0.05) is 30.3 Å². The molecule has 0 atom stereocenters. The number of rotatable bonds is 2. The molecule has 7 nitrogen and oxygen atoms in total. The first kappa shape index (κ1) is 12.1. The molecule has 0 fully saturated rings. The van der Waals surface area contributed by atoms with E-state index in [0.717, 1.165) is 11.6 Å². The van der Waals surface area contributed by atoms with Crippen molar-refractivity contribution in [2.75, 3.05) is 7.11 Å². The molecule has 0 aliphatic carbocycles. The lowest BCUT2D eigenvalue weighted by atomic mass is 10.2. The van der Waals surface area contributed by atoms with Crippen LogP contribution in [0.4, 0.5) is 0 Å². The SMILES string of the molecule is COC(=O)c1cc(=O)n2[nH]c(-c3ccccc3)nc2n1. The van der Waals surface area contributed by atoms with Crippen LogP contribution in [-0.2, 0) is 4.74 Å². The van der Waals surface area contributed by atoms with E-state index in [9.17, 15) is 9.59 Å². The molecule has 0 unspecified atom stereocenters. The second-order valence-electron chi connectivity index (χ2n) is 4.04. The summed E-state index contributed by atoms with van der Waals surface area (Å²) in [6.07, 6.45) is 0. The monoisotopic (exact) mass is 270 g/mol. The molecule has 3 aromatic rings. The van der Waals surface area contributed by atoms with Gasteiger partial charge in [0.1, 0.15) is 0 Å². The molecule has 0 saturated carbocycles. The number of carbonyl (C=O) groups excluding carboxylic acids is 1. The van der Waals surface area contributed by atoms with E-state index in [4.69, 9.17) is 0 Å². The molecule has 1 aromatic carbocycles. The van der Waals surface area contributed by atoms with Crippen LogP contribution < -0.4 is 5.56 Å². The highest BCUT2D eigenvalue weighted by atomic mass is 16.5. The van der Waals surface area contributed by atoms with E-state index in [1.165, 1.54) is 11.6 Å². The summed E-state index contributed by atoms with van der Waals surface area (Å²) in [4.78, 5) is 31.5. The van der Waals surface area contributed by atoms with E-state index >= 15 is 0 Å². The average Bonchev–Trinajstić information content (AvgIpc) is 2.92. The number of nitrogens with one attached hydrogen (secondary N) is 1. The Labute approximate surface area is 112 Å². The highest BCUT2D eigenvalue weighted by Gasteiger charge is 2.13. The predicted molar refractivity (Wildman–Crippen MR) is 70.4 cm³/mol. The van der Waals surface area contributed by atoms with Crippen LogP contribution in [0.5, 0.6) is 0 Å². The van der Waals surface area contributed by atoms with Crippen LogP contribution in [0.25, 0.3) is 17.2 Å². The van der Waals surface area contributed by atoms with Crippen molar-refractivity contribution in [3.63, 3.8) is 0 Å². The minimum absolute atomic E-state index is 0.0661. The van der Waals surface area contributed by atoms with E-state index in [-0.39, 0.29) is 11.5 Å². The molecule has 0 saturated heterocycles. The average molecular weight is 270 g/mol.